The van der Waals surface area contributed by atoms with Gasteiger partial charge in [0.25, 0.3) is 0 Å². The minimum Gasteiger partial charge on any atom is -0.326 e. The van der Waals surface area contributed by atoms with E-state index in [0.717, 1.165) is 0 Å². The molecule has 28 heavy (non-hydrogen) atoms. The van der Waals surface area contributed by atoms with E-state index < -0.39 is 0 Å². The van der Waals surface area contributed by atoms with Crippen molar-refractivity contribution in [2.75, 3.05) is 16.4 Å². The molecule has 0 bridgehead atoms. The van der Waals surface area contributed by atoms with Gasteiger partial charge < -0.3 is 9.88 Å². The number of nitrogens with one attached hydrogen (secondary N) is 2. The maximum Gasteiger partial charge on any atom is 0.236 e. The molecule has 0 saturated carbocycles. The van der Waals surface area contributed by atoms with Crippen molar-refractivity contribution < 1.29 is 9.59 Å². The predicted octanol–water partition coefficient (Wildman–Crippen LogP) is 2.71. The maximum absolute atomic E-state index is 12.3. The van der Waals surface area contributed by atoms with E-state index in [-0.39, 0.29) is 24.0 Å². The number of halogens is 1. The number of anilines is 2. The van der Waals surface area contributed by atoms with E-state index >= 15 is 0 Å². The zero-order valence-electron chi connectivity index (χ0n) is 14.8. The molecule has 2 amide bonds. The summed E-state index contributed by atoms with van der Waals surface area (Å²) in [6.45, 7) is 2.51. The summed E-state index contributed by atoms with van der Waals surface area (Å²) in [5, 5.41) is 22.7. The molecule has 0 spiro atoms. The first kappa shape index (κ1) is 20.2. The summed E-state index contributed by atoms with van der Waals surface area (Å²) in [7, 11) is 0. The number of benzene rings is 1. The molecule has 12 heteroatoms. The lowest BCUT2D eigenvalue weighted by atomic mass is 10.3. The van der Waals surface area contributed by atoms with Gasteiger partial charge in [-0.15, -0.1) is 20.4 Å². The topological polar surface area (TPSA) is 115 Å². The van der Waals surface area contributed by atoms with Crippen LogP contribution in [0.15, 0.2) is 34.9 Å². The van der Waals surface area contributed by atoms with Crippen molar-refractivity contribution in [2.24, 2.45) is 0 Å². The lowest BCUT2D eigenvalue weighted by Gasteiger charge is -2.08. The van der Waals surface area contributed by atoms with Gasteiger partial charge in [0.05, 0.1) is 12.2 Å². The van der Waals surface area contributed by atoms with E-state index in [4.69, 9.17) is 11.6 Å². The van der Waals surface area contributed by atoms with Gasteiger partial charge >= 0.3 is 0 Å². The van der Waals surface area contributed by atoms with Gasteiger partial charge in [0.1, 0.15) is 11.3 Å². The lowest BCUT2D eigenvalue weighted by Crippen LogP contribution is -2.18. The quantitative estimate of drug-likeness (QED) is 0.520. The first-order valence-electron chi connectivity index (χ1n) is 8.21. The monoisotopic (exact) mass is 437 g/mol. The molecule has 2 heterocycles. The van der Waals surface area contributed by atoms with Crippen LogP contribution in [0.3, 0.4) is 0 Å². The Morgan fingerprint density at radius 1 is 1.14 bits per heavy atom. The van der Waals surface area contributed by atoms with Crippen molar-refractivity contribution in [1.82, 2.24) is 25.0 Å². The molecule has 0 saturated heterocycles. The van der Waals surface area contributed by atoms with Gasteiger partial charge in [0.2, 0.25) is 16.9 Å². The minimum absolute atomic E-state index is 0.0704. The normalized spacial score (nSPS) is 10.6. The molecule has 1 aromatic carbocycles. The van der Waals surface area contributed by atoms with E-state index in [1.165, 1.54) is 28.6 Å². The van der Waals surface area contributed by atoms with Crippen LogP contribution in [0.2, 0.25) is 5.02 Å². The molecule has 0 unspecified atom stereocenters. The second kappa shape index (κ2) is 9.62. The van der Waals surface area contributed by atoms with E-state index in [1.807, 2.05) is 11.5 Å². The number of rotatable bonds is 8. The summed E-state index contributed by atoms with van der Waals surface area (Å²) in [6.07, 6.45) is 0.0704. The number of aromatic nitrogens is 5. The third-order valence-corrected chi connectivity index (χ3v) is 5.32. The van der Waals surface area contributed by atoms with Gasteiger partial charge in [0.15, 0.2) is 5.16 Å². The number of thioether (sulfide) groups is 1. The highest BCUT2D eigenvalue weighted by Crippen LogP contribution is 2.19. The summed E-state index contributed by atoms with van der Waals surface area (Å²) < 4.78 is 1.81. The number of carbonyl (C=O) groups is 2. The van der Waals surface area contributed by atoms with Crippen LogP contribution in [0.4, 0.5) is 10.8 Å². The van der Waals surface area contributed by atoms with E-state index in [1.54, 1.807) is 24.3 Å². The van der Waals surface area contributed by atoms with E-state index in [9.17, 15) is 9.59 Å². The van der Waals surface area contributed by atoms with E-state index in [0.29, 0.717) is 33.4 Å². The van der Waals surface area contributed by atoms with Crippen molar-refractivity contribution in [2.45, 2.75) is 25.0 Å². The molecule has 3 rings (SSSR count). The molecule has 0 aliphatic rings. The Hall–Kier alpha value is -2.50. The number of hydrogen-bond donors (Lipinski definition) is 2. The minimum atomic E-state index is -0.213. The zero-order chi connectivity index (χ0) is 19.9. The molecule has 146 valence electrons. The van der Waals surface area contributed by atoms with Crippen molar-refractivity contribution in [3.05, 3.63) is 40.6 Å². The van der Waals surface area contributed by atoms with Crippen LogP contribution < -0.4 is 10.6 Å². The fourth-order valence-electron chi connectivity index (χ4n) is 2.27. The number of carbonyl (C=O) groups excluding carboxylic acids is 2. The van der Waals surface area contributed by atoms with Crippen molar-refractivity contribution in [3.8, 4) is 0 Å². The summed E-state index contributed by atoms with van der Waals surface area (Å²) in [4.78, 5) is 24.3. The Morgan fingerprint density at radius 3 is 2.61 bits per heavy atom. The van der Waals surface area contributed by atoms with Gasteiger partial charge in [-0.3, -0.25) is 14.9 Å². The Kier molecular flexibility index (Phi) is 6.95. The number of hydrogen-bond acceptors (Lipinski definition) is 8. The van der Waals surface area contributed by atoms with Crippen LogP contribution >= 0.6 is 34.7 Å². The predicted molar refractivity (Wildman–Crippen MR) is 109 cm³/mol. The molecule has 0 atom stereocenters. The smallest absolute Gasteiger partial charge is 0.236 e. The van der Waals surface area contributed by atoms with Crippen LogP contribution in [0.1, 0.15) is 12.7 Å². The Morgan fingerprint density at radius 2 is 1.93 bits per heavy atom. The Labute approximate surface area is 173 Å². The molecule has 0 aliphatic carbocycles. The van der Waals surface area contributed by atoms with E-state index in [2.05, 4.69) is 31.0 Å². The molecular weight excluding hydrogens is 422 g/mol. The lowest BCUT2D eigenvalue weighted by molar-refractivity contribution is -0.116. The zero-order valence-corrected chi connectivity index (χ0v) is 17.1. The highest BCUT2D eigenvalue weighted by Gasteiger charge is 2.16. The average molecular weight is 438 g/mol. The van der Waals surface area contributed by atoms with Crippen LogP contribution in [0, 0.1) is 0 Å². The van der Waals surface area contributed by atoms with Gasteiger partial charge in [-0.05, 0) is 31.2 Å². The molecule has 0 fully saturated rings. The average Bonchev–Trinajstić information content (AvgIpc) is 3.31. The molecule has 2 N–H and O–H groups in total. The Bertz CT molecular complexity index is 945. The molecule has 9 nitrogen and oxygen atoms in total. The standard InChI is InChI=1S/C16H16ClN7O2S2/c1-2-24-12(7-13(25)19-11-5-3-10(17)4-6-11)21-23-16(24)27-8-14(26)20-15-22-18-9-28-15/h3-6,9H,2,7-8H2,1H3,(H,19,25)(H,20,22,26). The van der Waals surface area contributed by atoms with Crippen molar-refractivity contribution in [3.63, 3.8) is 0 Å². The molecule has 2 aromatic heterocycles. The second-order valence-corrected chi connectivity index (χ2v) is 7.67. The van der Waals surface area contributed by atoms with Crippen molar-refractivity contribution in [1.29, 1.82) is 0 Å². The SMILES string of the molecule is CCn1c(CC(=O)Nc2ccc(Cl)cc2)nnc1SCC(=O)Nc1nncs1. The summed E-state index contributed by atoms with van der Waals surface area (Å²) in [5.41, 5.74) is 2.19. The fourth-order valence-corrected chi connectivity index (χ4v) is 3.68. The third-order valence-electron chi connectivity index (χ3n) is 3.50. The first-order chi connectivity index (χ1) is 13.5. The van der Waals surface area contributed by atoms with Gasteiger partial charge in [0, 0.05) is 17.3 Å². The maximum atomic E-state index is 12.3. The highest BCUT2D eigenvalue weighted by atomic mass is 35.5. The molecular formula is C16H16ClN7O2S2. The van der Waals surface area contributed by atoms with Crippen LogP contribution in [-0.2, 0) is 22.6 Å². The summed E-state index contributed by atoms with van der Waals surface area (Å²) >= 11 is 8.33. The van der Waals surface area contributed by atoms with Crippen molar-refractivity contribution >= 4 is 57.3 Å². The molecule has 0 aliphatic heterocycles. The van der Waals surface area contributed by atoms with Crippen LogP contribution in [-0.4, -0.2) is 42.5 Å². The van der Waals surface area contributed by atoms with Crippen LogP contribution in [0.5, 0.6) is 0 Å². The van der Waals surface area contributed by atoms with Gasteiger partial charge in [-0.2, -0.15) is 0 Å². The summed E-state index contributed by atoms with van der Waals surface area (Å²) in [6, 6.07) is 6.85. The second-order valence-electron chi connectivity index (χ2n) is 5.46. The number of amides is 2. The summed E-state index contributed by atoms with van der Waals surface area (Å²) in [5.74, 6) is 0.250. The molecule has 0 radical (unpaired) electrons. The van der Waals surface area contributed by atoms with Crippen LogP contribution in [0.25, 0.3) is 0 Å². The first-order valence-corrected chi connectivity index (χ1v) is 10.5. The fraction of sp³-hybridized carbons (Fsp3) is 0.250. The third kappa shape index (κ3) is 5.50. The number of nitrogens with zero attached hydrogens (tertiary/aromatic N) is 5. The van der Waals surface area contributed by atoms with Gasteiger partial charge in [-0.25, -0.2) is 0 Å². The van der Waals surface area contributed by atoms with Gasteiger partial charge in [-0.1, -0.05) is 34.7 Å². The largest absolute Gasteiger partial charge is 0.326 e. The highest BCUT2D eigenvalue weighted by molar-refractivity contribution is 7.99. The molecule has 3 aromatic rings. The Balaban J connectivity index is 1.57.